The van der Waals surface area contributed by atoms with Crippen molar-refractivity contribution in [1.29, 1.82) is 0 Å². The molecule has 0 aliphatic carbocycles. The van der Waals surface area contributed by atoms with Crippen LogP contribution in [-0.4, -0.2) is 36.0 Å². The first-order valence-corrected chi connectivity index (χ1v) is 11.9. The number of H-pyrrole nitrogens is 2. The Kier molecular flexibility index (Phi) is 5.65. The number of carbonyl (C=O) groups is 1. The molecule has 2 aromatic carbocycles. The Bertz CT molecular complexity index is 1750. The minimum atomic E-state index is -0.283. The first-order chi connectivity index (χ1) is 18.1. The number of carbonyl (C=O) groups excluding carboxylic acids is 1. The van der Waals surface area contributed by atoms with Gasteiger partial charge >= 0.3 is 0 Å². The number of halogens is 1. The third-order valence-electron chi connectivity index (χ3n) is 6.14. The van der Waals surface area contributed by atoms with Crippen molar-refractivity contribution in [2.45, 2.75) is 19.8 Å². The Labute approximate surface area is 211 Å². The Morgan fingerprint density at radius 3 is 2.68 bits per heavy atom. The summed E-state index contributed by atoms with van der Waals surface area (Å²) in [4.78, 5) is 29.1. The van der Waals surface area contributed by atoms with Crippen LogP contribution < -0.4 is 5.32 Å². The number of pyridine rings is 2. The summed E-state index contributed by atoms with van der Waals surface area (Å²) in [7, 11) is 0. The van der Waals surface area contributed by atoms with E-state index in [1.807, 2.05) is 37.3 Å². The summed E-state index contributed by atoms with van der Waals surface area (Å²) in [5.74, 6) is 0.263. The molecule has 0 spiro atoms. The van der Waals surface area contributed by atoms with Gasteiger partial charge in [-0.2, -0.15) is 5.10 Å². The Balaban J connectivity index is 1.40. The van der Waals surface area contributed by atoms with Crippen molar-refractivity contribution in [3.63, 3.8) is 0 Å². The molecule has 0 aliphatic heterocycles. The summed E-state index contributed by atoms with van der Waals surface area (Å²) < 4.78 is 13.5. The van der Waals surface area contributed by atoms with Gasteiger partial charge in [0, 0.05) is 35.5 Å². The monoisotopic (exact) mass is 491 g/mol. The lowest BCUT2D eigenvalue weighted by Crippen LogP contribution is -2.10. The summed E-state index contributed by atoms with van der Waals surface area (Å²) in [5.41, 5.74) is 6.92. The van der Waals surface area contributed by atoms with Crippen LogP contribution >= 0.6 is 0 Å². The zero-order valence-corrected chi connectivity index (χ0v) is 19.9. The molecule has 182 valence electrons. The molecule has 0 aliphatic rings. The summed E-state index contributed by atoms with van der Waals surface area (Å²) >= 11 is 0. The van der Waals surface area contributed by atoms with Gasteiger partial charge in [-0.15, -0.1) is 0 Å². The van der Waals surface area contributed by atoms with Crippen molar-refractivity contribution in [1.82, 2.24) is 30.1 Å². The fourth-order valence-corrected chi connectivity index (χ4v) is 4.37. The van der Waals surface area contributed by atoms with Gasteiger partial charge in [-0.05, 0) is 42.3 Å². The van der Waals surface area contributed by atoms with Crippen molar-refractivity contribution in [3.8, 4) is 33.8 Å². The number of rotatable bonds is 6. The van der Waals surface area contributed by atoms with Crippen LogP contribution in [0.3, 0.4) is 0 Å². The molecule has 6 aromatic rings. The zero-order valence-electron chi connectivity index (χ0n) is 19.9. The Morgan fingerprint density at radius 2 is 1.84 bits per heavy atom. The van der Waals surface area contributed by atoms with Crippen LogP contribution in [0.1, 0.15) is 19.8 Å². The van der Waals surface area contributed by atoms with Crippen molar-refractivity contribution in [3.05, 3.63) is 79.0 Å². The molecule has 3 N–H and O–H groups in total. The highest BCUT2D eigenvalue weighted by molar-refractivity contribution is 5.97. The number of para-hydroxylation sites is 1. The van der Waals surface area contributed by atoms with Crippen molar-refractivity contribution in [2.75, 3.05) is 5.32 Å². The highest BCUT2D eigenvalue weighted by Gasteiger charge is 2.17. The minimum absolute atomic E-state index is 0.0444. The van der Waals surface area contributed by atoms with Gasteiger partial charge in [-0.1, -0.05) is 31.2 Å². The van der Waals surface area contributed by atoms with Gasteiger partial charge in [0.1, 0.15) is 11.5 Å². The predicted molar refractivity (Wildman–Crippen MR) is 141 cm³/mol. The number of aromatic amines is 2. The lowest BCUT2D eigenvalue weighted by atomic mass is 10.0. The third kappa shape index (κ3) is 4.31. The SMILES string of the molecule is CCCC(=O)Nc1cncc(-c2cnc3[nH]nc(-c4nc5c(-c6ccc(F)cc6)cccc5[nH]4)c3c2)c1. The van der Waals surface area contributed by atoms with Gasteiger partial charge in [-0.25, -0.2) is 14.4 Å². The zero-order chi connectivity index (χ0) is 25.4. The van der Waals surface area contributed by atoms with Crippen molar-refractivity contribution < 1.29 is 9.18 Å². The summed E-state index contributed by atoms with van der Waals surface area (Å²) in [5, 5.41) is 11.1. The van der Waals surface area contributed by atoms with Crippen molar-refractivity contribution in [2.24, 2.45) is 0 Å². The maximum absolute atomic E-state index is 13.5. The Hall–Kier alpha value is -4.92. The number of imidazole rings is 1. The first-order valence-electron chi connectivity index (χ1n) is 11.9. The highest BCUT2D eigenvalue weighted by atomic mass is 19.1. The van der Waals surface area contributed by atoms with E-state index in [9.17, 15) is 9.18 Å². The van der Waals surface area contributed by atoms with E-state index in [1.165, 1.54) is 12.1 Å². The molecule has 37 heavy (non-hydrogen) atoms. The molecule has 8 nitrogen and oxygen atoms in total. The van der Waals surface area contributed by atoms with Crippen molar-refractivity contribution >= 4 is 33.7 Å². The molecule has 0 saturated heterocycles. The molecule has 4 aromatic heterocycles. The van der Waals surface area contributed by atoms with Crippen LogP contribution in [0.2, 0.25) is 0 Å². The van der Waals surface area contributed by atoms with Crippen LogP contribution in [0, 0.1) is 5.82 Å². The quantitative estimate of drug-likeness (QED) is 0.260. The van der Waals surface area contributed by atoms with Gasteiger partial charge < -0.3 is 10.3 Å². The average molecular weight is 492 g/mol. The molecule has 0 radical (unpaired) electrons. The number of aromatic nitrogens is 6. The molecule has 1 amide bonds. The fourth-order valence-electron chi connectivity index (χ4n) is 4.37. The normalized spacial score (nSPS) is 11.3. The second-order valence-electron chi connectivity index (χ2n) is 8.75. The lowest BCUT2D eigenvalue weighted by molar-refractivity contribution is -0.116. The van der Waals surface area contributed by atoms with Gasteiger partial charge in [0.25, 0.3) is 0 Å². The van der Waals surface area contributed by atoms with E-state index in [1.54, 1.807) is 30.7 Å². The molecule has 4 heterocycles. The highest BCUT2D eigenvalue weighted by Crippen LogP contribution is 2.32. The smallest absolute Gasteiger partial charge is 0.224 e. The largest absolute Gasteiger partial charge is 0.337 e. The number of nitrogens with zero attached hydrogens (tertiary/aromatic N) is 4. The van der Waals surface area contributed by atoms with E-state index in [0.717, 1.165) is 45.1 Å². The van der Waals surface area contributed by atoms with Crippen LogP contribution in [0.5, 0.6) is 0 Å². The average Bonchev–Trinajstić information content (AvgIpc) is 3.53. The second kappa shape index (κ2) is 9.27. The maximum Gasteiger partial charge on any atom is 0.224 e. The van der Waals surface area contributed by atoms with E-state index in [2.05, 4.69) is 30.5 Å². The van der Waals surface area contributed by atoms with Gasteiger partial charge in [-0.3, -0.25) is 14.9 Å². The summed E-state index contributed by atoms with van der Waals surface area (Å²) in [6, 6.07) is 16.1. The lowest BCUT2D eigenvalue weighted by Gasteiger charge is -2.07. The number of hydrogen-bond donors (Lipinski definition) is 3. The molecule has 0 fully saturated rings. The van der Waals surface area contributed by atoms with Gasteiger partial charge in [0.2, 0.25) is 5.91 Å². The number of hydrogen-bond acceptors (Lipinski definition) is 5. The molecule has 0 unspecified atom stereocenters. The summed E-state index contributed by atoms with van der Waals surface area (Å²) in [6.07, 6.45) is 6.32. The number of fused-ring (bicyclic) bond motifs is 2. The maximum atomic E-state index is 13.5. The number of benzene rings is 2. The van der Waals surface area contributed by atoms with Crippen LogP contribution in [0.25, 0.3) is 55.8 Å². The molecule has 0 atom stereocenters. The predicted octanol–water partition coefficient (Wildman–Crippen LogP) is 6.11. The van der Waals surface area contributed by atoms with E-state index < -0.39 is 0 Å². The van der Waals surface area contributed by atoms with Gasteiger partial charge in [0.05, 0.1) is 28.3 Å². The Morgan fingerprint density at radius 1 is 1.00 bits per heavy atom. The molecule has 6 rings (SSSR count). The molecule has 0 saturated carbocycles. The second-order valence-corrected chi connectivity index (χ2v) is 8.75. The topological polar surface area (TPSA) is 112 Å². The van der Waals surface area contributed by atoms with E-state index in [4.69, 9.17) is 4.98 Å². The molecular weight excluding hydrogens is 469 g/mol. The van der Waals surface area contributed by atoms with E-state index in [-0.39, 0.29) is 11.7 Å². The number of anilines is 1. The number of nitrogens with one attached hydrogen (secondary N) is 3. The van der Waals surface area contributed by atoms with Crippen LogP contribution in [0.15, 0.2) is 73.2 Å². The molecule has 0 bridgehead atoms. The molecule has 9 heteroatoms. The van der Waals surface area contributed by atoms with E-state index >= 15 is 0 Å². The van der Waals surface area contributed by atoms with E-state index in [0.29, 0.717) is 29.3 Å². The first kappa shape index (κ1) is 22.5. The minimum Gasteiger partial charge on any atom is -0.337 e. The summed E-state index contributed by atoms with van der Waals surface area (Å²) in [6.45, 7) is 1.96. The number of amides is 1. The molecular formula is C28H22FN7O. The van der Waals surface area contributed by atoms with Crippen LogP contribution in [0.4, 0.5) is 10.1 Å². The standard InChI is InChI=1S/C28H22FN7O/c1-2-4-24(37)32-20-11-17(13-30-15-20)18-12-22-26(35-36-27(22)31-14-18)28-33-23-6-3-5-21(25(23)34-28)16-7-9-19(29)10-8-16/h3,5-15H,2,4H2,1H3,(H,32,37)(H,33,34)(H,31,35,36). The van der Waals surface area contributed by atoms with Crippen LogP contribution in [-0.2, 0) is 4.79 Å². The fraction of sp³-hybridized carbons (Fsp3) is 0.107. The third-order valence-corrected chi connectivity index (χ3v) is 6.14. The van der Waals surface area contributed by atoms with Gasteiger partial charge in [0.15, 0.2) is 11.5 Å².